The summed E-state index contributed by atoms with van der Waals surface area (Å²) in [6.45, 7) is -0.123. The van der Waals surface area contributed by atoms with E-state index in [1.54, 1.807) is 12.1 Å². The van der Waals surface area contributed by atoms with Crippen molar-refractivity contribution in [2.75, 3.05) is 11.9 Å². The molecule has 0 fully saturated rings. The van der Waals surface area contributed by atoms with Crippen LogP contribution in [0.4, 0.5) is 5.69 Å². The summed E-state index contributed by atoms with van der Waals surface area (Å²) in [6, 6.07) is 9.14. The quantitative estimate of drug-likeness (QED) is 0.681. The number of aliphatic hydroxyl groups is 1. The Morgan fingerprint density at radius 3 is 2.69 bits per heavy atom. The highest BCUT2D eigenvalue weighted by molar-refractivity contribution is 5.99. The van der Waals surface area contributed by atoms with Crippen LogP contribution in [0, 0.1) is 0 Å². The van der Waals surface area contributed by atoms with Crippen LogP contribution >= 0.6 is 0 Å². The molecular formula is C10H11NO2. The van der Waals surface area contributed by atoms with E-state index in [1.165, 1.54) is 12.2 Å². The lowest BCUT2D eigenvalue weighted by atomic mass is 10.3. The number of rotatable bonds is 3. The van der Waals surface area contributed by atoms with Crippen LogP contribution in [0.5, 0.6) is 0 Å². The maximum atomic E-state index is 11.1. The van der Waals surface area contributed by atoms with Crippen LogP contribution in [0.25, 0.3) is 0 Å². The van der Waals surface area contributed by atoms with Gasteiger partial charge in [-0.05, 0) is 12.1 Å². The summed E-state index contributed by atoms with van der Waals surface area (Å²) >= 11 is 0. The fourth-order valence-corrected chi connectivity index (χ4v) is 0.865. The Kier molecular flexibility index (Phi) is 3.73. The summed E-state index contributed by atoms with van der Waals surface area (Å²) < 4.78 is 0. The van der Waals surface area contributed by atoms with Crippen molar-refractivity contribution >= 4 is 11.6 Å². The number of aliphatic hydroxyl groups excluding tert-OH is 1. The number of nitrogens with one attached hydrogen (secondary N) is 1. The predicted octanol–water partition coefficient (Wildman–Crippen LogP) is 1.17. The SMILES string of the molecule is O=C(/C=C/CO)Nc1ccccc1. The number of anilines is 1. The van der Waals surface area contributed by atoms with Gasteiger partial charge in [0.1, 0.15) is 0 Å². The maximum Gasteiger partial charge on any atom is 0.248 e. The van der Waals surface area contributed by atoms with Gasteiger partial charge in [-0.25, -0.2) is 0 Å². The van der Waals surface area contributed by atoms with E-state index in [2.05, 4.69) is 5.32 Å². The topological polar surface area (TPSA) is 49.3 Å². The largest absolute Gasteiger partial charge is 0.392 e. The molecule has 0 aliphatic carbocycles. The second-order valence-electron chi connectivity index (χ2n) is 2.44. The van der Waals surface area contributed by atoms with E-state index in [4.69, 9.17) is 5.11 Å². The molecule has 68 valence electrons. The fourth-order valence-electron chi connectivity index (χ4n) is 0.865. The smallest absolute Gasteiger partial charge is 0.248 e. The molecule has 0 atom stereocenters. The van der Waals surface area contributed by atoms with Crippen molar-refractivity contribution in [3.63, 3.8) is 0 Å². The minimum atomic E-state index is -0.236. The van der Waals surface area contributed by atoms with Crippen LogP contribution in [-0.2, 0) is 4.79 Å². The molecule has 0 unspecified atom stereocenters. The lowest BCUT2D eigenvalue weighted by Gasteiger charge is -1.99. The van der Waals surface area contributed by atoms with Crippen molar-refractivity contribution in [1.82, 2.24) is 0 Å². The summed E-state index contributed by atoms with van der Waals surface area (Å²) in [5.41, 5.74) is 0.745. The Bertz CT molecular complexity index is 293. The number of benzene rings is 1. The molecule has 13 heavy (non-hydrogen) atoms. The molecule has 0 bridgehead atoms. The van der Waals surface area contributed by atoms with Crippen molar-refractivity contribution in [3.05, 3.63) is 42.5 Å². The molecule has 3 nitrogen and oxygen atoms in total. The van der Waals surface area contributed by atoms with Crippen LogP contribution in [0.2, 0.25) is 0 Å². The van der Waals surface area contributed by atoms with Crippen LogP contribution in [0.3, 0.4) is 0 Å². The van der Waals surface area contributed by atoms with Gasteiger partial charge >= 0.3 is 0 Å². The Balaban J connectivity index is 2.50. The molecule has 2 N–H and O–H groups in total. The Morgan fingerprint density at radius 2 is 2.08 bits per heavy atom. The van der Waals surface area contributed by atoms with Crippen molar-refractivity contribution < 1.29 is 9.90 Å². The first kappa shape index (κ1) is 9.48. The van der Waals surface area contributed by atoms with Crippen molar-refractivity contribution in [3.8, 4) is 0 Å². The first-order chi connectivity index (χ1) is 6.33. The summed E-state index contributed by atoms with van der Waals surface area (Å²) in [6.07, 6.45) is 2.69. The van der Waals surface area contributed by atoms with Crippen LogP contribution in [0.15, 0.2) is 42.5 Å². The molecule has 0 aliphatic heterocycles. The first-order valence-corrected chi connectivity index (χ1v) is 3.96. The zero-order chi connectivity index (χ0) is 9.52. The normalized spacial score (nSPS) is 10.2. The molecule has 0 heterocycles. The Labute approximate surface area is 76.7 Å². The molecule has 0 aromatic heterocycles. The summed E-state index contributed by atoms with van der Waals surface area (Å²) in [4.78, 5) is 11.1. The number of para-hydroxylation sites is 1. The molecule has 1 aromatic rings. The molecule has 0 radical (unpaired) electrons. The maximum absolute atomic E-state index is 11.1. The highest BCUT2D eigenvalue weighted by atomic mass is 16.2. The Morgan fingerprint density at radius 1 is 1.38 bits per heavy atom. The number of carbonyl (C=O) groups excluding carboxylic acids is 1. The third-order valence-electron chi connectivity index (χ3n) is 1.42. The molecule has 0 aliphatic rings. The van der Waals surface area contributed by atoms with E-state index in [1.807, 2.05) is 18.2 Å². The Hall–Kier alpha value is -1.61. The van der Waals surface area contributed by atoms with Gasteiger partial charge < -0.3 is 10.4 Å². The monoisotopic (exact) mass is 177 g/mol. The van der Waals surface area contributed by atoms with Crippen molar-refractivity contribution in [2.45, 2.75) is 0 Å². The standard InChI is InChI=1S/C10H11NO2/c12-8-4-7-10(13)11-9-5-2-1-3-6-9/h1-7,12H,8H2,(H,11,13)/b7-4+. The summed E-state index contributed by atoms with van der Waals surface area (Å²) in [5.74, 6) is -0.236. The average Bonchev–Trinajstić information content (AvgIpc) is 2.16. The van der Waals surface area contributed by atoms with Gasteiger partial charge in [-0.15, -0.1) is 0 Å². The van der Waals surface area contributed by atoms with E-state index in [0.717, 1.165) is 5.69 Å². The van der Waals surface area contributed by atoms with E-state index in [0.29, 0.717) is 0 Å². The zero-order valence-corrected chi connectivity index (χ0v) is 7.10. The molecule has 0 saturated carbocycles. The van der Waals surface area contributed by atoms with E-state index < -0.39 is 0 Å². The van der Waals surface area contributed by atoms with Gasteiger partial charge in [0.2, 0.25) is 5.91 Å². The van der Waals surface area contributed by atoms with Crippen molar-refractivity contribution in [1.29, 1.82) is 0 Å². The van der Waals surface area contributed by atoms with E-state index in [9.17, 15) is 4.79 Å². The number of amides is 1. The number of hydrogen-bond donors (Lipinski definition) is 2. The van der Waals surface area contributed by atoms with Gasteiger partial charge in [0, 0.05) is 11.8 Å². The molecule has 3 heteroatoms. The molecule has 1 aromatic carbocycles. The molecular weight excluding hydrogens is 166 g/mol. The van der Waals surface area contributed by atoms with Gasteiger partial charge in [0.15, 0.2) is 0 Å². The first-order valence-electron chi connectivity index (χ1n) is 3.96. The van der Waals surface area contributed by atoms with Gasteiger partial charge in [0.05, 0.1) is 6.61 Å². The molecule has 0 saturated heterocycles. The van der Waals surface area contributed by atoms with Gasteiger partial charge in [-0.3, -0.25) is 4.79 Å². The average molecular weight is 177 g/mol. The summed E-state index contributed by atoms with van der Waals surface area (Å²) in [5, 5.41) is 11.1. The number of hydrogen-bond acceptors (Lipinski definition) is 2. The molecule has 0 spiro atoms. The van der Waals surface area contributed by atoms with Crippen molar-refractivity contribution in [2.24, 2.45) is 0 Å². The summed E-state index contributed by atoms with van der Waals surface area (Å²) in [7, 11) is 0. The highest BCUT2D eigenvalue weighted by Crippen LogP contribution is 2.04. The molecule has 1 rings (SSSR count). The molecule has 1 amide bonds. The van der Waals surface area contributed by atoms with E-state index in [-0.39, 0.29) is 12.5 Å². The lowest BCUT2D eigenvalue weighted by molar-refractivity contribution is -0.111. The van der Waals surface area contributed by atoms with Gasteiger partial charge in [-0.1, -0.05) is 24.3 Å². The third kappa shape index (κ3) is 3.53. The number of carbonyl (C=O) groups is 1. The minimum absolute atomic E-state index is 0.123. The second-order valence-corrected chi connectivity index (χ2v) is 2.44. The van der Waals surface area contributed by atoms with E-state index >= 15 is 0 Å². The predicted molar refractivity (Wildman–Crippen MR) is 51.3 cm³/mol. The van der Waals surface area contributed by atoms with Crippen LogP contribution in [0.1, 0.15) is 0 Å². The zero-order valence-electron chi connectivity index (χ0n) is 7.10. The minimum Gasteiger partial charge on any atom is -0.392 e. The van der Waals surface area contributed by atoms with Crippen LogP contribution in [-0.4, -0.2) is 17.6 Å². The van der Waals surface area contributed by atoms with Gasteiger partial charge in [0.25, 0.3) is 0 Å². The van der Waals surface area contributed by atoms with Gasteiger partial charge in [-0.2, -0.15) is 0 Å². The van der Waals surface area contributed by atoms with Crippen LogP contribution < -0.4 is 5.32 Å². The third-order valence-corrected chi connectivity index (χ3v) is 1.42. The highest BCUT2D eigenvalue weighted by Gasteiger charge is 1.94. The lowest BCUT2D eigenvalue weighted by Crippen LogP contribution is -2.07. The second kappa shape index (κ2) is 5.11. The fraction of sp³-hybridized carbons (Fsp3) is 0.100.